The van der Waals surface area contributed by atoms with Crippen LogP contribution in [0, 0.1) is 11.6 Å². The van der Waals surface area contributed by atoms with Crippen LogP contribution >= 0.6 is 0 Å². The number of halogens is 2. The molecule has 2 amide bonds. The number of ether oxygens (including phenoxy) is 1. The number of nitrogens with zero attached hydrogens (tertiary/aromatic N) is 2. The summed E-state index contributed by atoms with van der Waals surface area (Å²) in [6, 6.07) is 5.89. The molecule has 2 aromatic rings. The lowest BCUT2D eigenvalue weighted by Gasteiger charge is -2.35. The van der Waals surface area contributed by atoms with Crippen LogP contribution < -0.4 is 15.4 Å². The van der Waals surface area contributed by atoms with E-state index in [1.165, 1.54) is 6.07 Å². The number of pyridine rings is 1. The predicted molar refractivity (Wildman–Crippen MR) is 88.5 cm³/mol. The Morgan fingerprint density at radius 2 is 2.28 bits per heavy atom. The van der Waals surface area contributed by atoms with Crippen molar-refractivity contribution in [1.82, 2.24) is 15.2 Å². The van der Waals surface area contributed by atoms with E-state index in [1.807, 2.05) is 0 Å². The number of nitrogens with one attached hydrogen (secondary N) is 2. The smallest absolute Gasteiger partial charge is 0.322 e. The Hall–Kier alpha value is -2.74. The minimum atomic E-state index is -0.813. The Labute approximate surface area is 143 Å². The molecular formula is C17H18F2N4O2. The largest absolute Gasteiger partial charge is 0.490 e. The summed E-state index contributed by atoms with van der Waals surface area (Å²) in [6.45, 7) is 1.91. The molecule has 1 aromatic heterocycles. The molecule has 2 N–H and O–H groups in total. The minimum absolute atomic E-state index is 0.0585. The third-order valence-electron chi connectivity index (χ3n) is 3.86. The molecule has 0 aliphatic carbocycles. The first kappa shape index (κ1) is 17.1. The van der Waals surface area contributed by atoms with E-state index >= 15 is 0 Å². The number of anilines is 1. The molecule has 1 aliphatic rings. The molecule has 0 saturated carbocycles. The quantitative estimate of drug-likeness (QED) is 0.889. The van der Waals surface area contributed by atoms with E-state index in [4.69, 9.17) is 4.74 Å². The van der Waals surface area contributed by atoms with Crippen molar-refractivity contribution in [2.45, 2.75) is 6.04 Å². The van der Waals surface area contributed by atoms with Gasteiger partial charge >= 0.3 is 6.03 Å². The van der Waals surface area contributed by atoms with E-state index < -0.39 is 17.7 Å². The molecule has 0 radical (unpaired) electrons. The average molecular weight is 348 g/mol. The number of carbonyl (C=O) groups excluding carboxylic acids is 1. The first-order valence-electron chi connectivity index (χ1n) is 7.89. The molecule has 1 saturated heterocycles. The van der Waals surface area contributed by atoms with Crippen LogP contribution in [0.1, 0.15) is 0 Å². The summed E-state index contributed by atoms with van der Waals surface area (Å²) >= 11 is 0. The number of hydrogen-bond acceptors (Lipinski definition) is 4. The van der Waals surface area contributed by atoms with Crippen LogP contribution in [0.3, 0.4) is 0 Å². The average Bonchev–Trinajstić information content (AvgIpc) is 2.63. The van der Waals surface area contributed by atoms with E-state index in [-0.39, 0.29) is 18.3 Å². The molecule has 1 atom stereocenters. The number of rotatable bonds is 4. The second-order valence-corrected chi connectivity index (χ2v) is 5.61. The molecule has 25 heavy (non-hydrogen) atoms. The van der Waals surface area contributed by atoms with Crippen LogP contribution in [0.25, 0.3) is 0 Å². The maximum absolute atomic E-state index is 13.7. The molecule has 1 aliphatic heterocycles. The number of piperazine rings is 1. The van der Waals surface area contributed by atoms with Crippen molar-refractivity contribution in [1.29, 1.82) is 0 Å². The fourth-order valence-corrected chi connectivity index (χ4v) is 2.58. The zero-order valence-electron chi connectivity index (χ0n) is 13.4. The van der Waals surface area contributed by atoms with Crippen molar-refractivity contribution in [3.63, 3.8) is 0 Å². The Bertz CT molecular complexity index is 730. The van der Waals surface area contributed by atoms with Gasteiger partial charge < -0.3 is 20.3 Å². The highest BCUT2D eigenvalue weighted by atomic mass is 19.1. The van der Waals surface area contributed by atoms with Gasteiger partial charge in [0.1, 0.15) is 24.0 Å². The van der Waals surface area contributed by atoms with E-state index in [1.54, 1.807) is 29.4 Å². The van der Waals surface area contributed by atoms with Gasteiger partial charge in [-0.05, 0) is 24.3 Å². The number of amides is 2. The molecule has 2 heterocycles. The minimum Gasteiger partial charge on any atom is -0.490 e. The first-order chi connectivity index (χ1) is 12.1. The van der Waals surface area contributed by atoms with Gasteiger partial charge in [0.2, 0.25) is 0 Å². The Balaban J connectivity index is 1.64. The maximum atomic E-state index is 13.7. The topological polar surface area (TPSA) is 66.5 Å². The van der Waals surface area contributed by atoms with Crippen molar-refractivity contribution >= 4 is 11.7 Å². The van der Waals surface area contributed by atoms with E-state index in [9.17, 15) is 13.6 Å². The zero-order chi connectivity index (χ0) is 17.6. The summed E-state index contributed by atoms with van der Waals surface area (Å²) in [5.41, 5.74) is -0.0585. The van der Waals surface area contributed by atoms with Crippen LogP contribution in [-0.4, -0.2) is 48.2 Å². The highest BCUT2D eigenvalue weighted by Gasteiger charge is 2.27. The van der Waals surface area contributed by atoms with Gasteiger partial charge in [-0.3, -0.25) is 4.98 Å². The highest BCUT2D eigenvalue weighted by molar-refractivity contribution is 5.89. The molecule has 6 nitrogen and oxygen atoms in total. The SMILES string of the molecule is O=C(Nc1ccc(F)cc1F)N1CCNCC1COc1cccnc1. The molecule has 0 bridgehead atoms. The van der Waals surface area contributed by atoms with Crippen LogP contribution in [0.2, 0.25) is 0 Å². The molecular weight excluding hydrogens is 330 g/mol. The van der Waals surface area contributed by atoms with Gasteiger partial charge in [-0.25, -0.2) is 13.6 Å². The van der Waals surface area contributed by atoms with Crippen molar-refractivity contribution in [2.75, 3.05) is 31.6 Å². The number of carbonyl (C=O) groups is 1. The summed E-state index contributed by atoms with van der Waals surface area (Å²) in [6.07, 6.45) is 3.24. The molecule has 8 heteroatoms. The Morgan fingerprint density at radius 1 is 1.40 bits per heavy atom. The van der Waals surface area contributed by atoms with Gasteiger partial charge in [0.05, 0.1) is 17.9 Å². The van der Waals surface area contributed by atoms with Gasteiger partial charge in [0, 0.05) is 31.9 Å². The normalized spacial score (nSPS) is 17.2. The van der Waals surface area contributed by atoms with E-state index in [2.05, 4.69) is 15.6 Å². The van der Waals surface area contributed by atoms with Crippen LogP contribution in [0.15, 0.2) is 42.7 Å². The van der Waals surface area contributed by atoms with Crippen LogP contribution in [-0.2, 0) is 0 Å². The Morgan fingerprint density at radius 3 is 3.04 bits per heavy atom. The zero-order valence-corrected chi connectivity index (χ0v) is 13.4. The third-order valence-corrected chi connectivity index (χ3v) is 3.86. The first-order valence-corrected chi connectivity index (χ1v) is 7.89. The lowest BCUT2D eigenvalue weighted by molar-refractivity contribution is 0.132. The molecule has 1 fully saturated rings. The summed E-state index contributed by atoms with van der Waals surface area (Å²) in [7, 11) is 0. The summed E-state index contributed by atoms with van der Waals surface area (Å²) in [4.78, 5) is 18.0. The lowest BCUT2D eigenvalue weighted by atomic mass is 10.2. The second kappa shape index (κ2) is 7.89. The fraction of sp³-hybridized carbons (Fsp3) is 0.294. The van der Waals surface area contributed by atoms with Crippen LogP contribution in [0.5, 0.6) is 5.75 Å². The molecule has 1 unspecified atom stereocenters. The van der Waals surface area contributed by atoms with E-state index in [0.717, 1.165) is 12.1 Å². The predicted octanol–water partition coefficient (Wildman–Crippen LogP) is 2.24. The van der Waals surface area contributed by atoms with Crippen molar-refractivity contribution in [2.24, 2.45) is 0 Å². The standard InChI is InChI=1S/C17H18F2N4O2/c18-12-3-4-16(15(19)8-12)22-17(24)23-7-6-21-9-13(23)11-25-14-2-1-5-20-10-14/h1-5,8,10,13,21H,6-7,9,11H2,(H,22,24). The number of benzene rings is 1. The summed E-state index contributed by atoms with van der Waals surface area (Å²) in [5.74, 6) is -0.898. The van der Waals surface area contributed by atoms with Gasteiger partial charge in [-0.2, -0.15) is 0 Å². The highest BCUT2D eigenvalue weighted by Crippen LogP contribution is 2.17. The van der Waals surface area contributed by atoms with Gasteiger partial charge in [-0.15, -0.1) is 0 Å². The van der Waals surface area contributed by atoms with Gasteiger partial charge in [-0.1, -0.05) is 0 Å². The fourth-order valence-electron chi connectivity index (χ4n) is 2.58. The van der Waals surface area contributed by atoms with Gasteiger partial charge in [0.25, 0.3) is 0 Å². The Kier molecular flexibility index (Phi) is 5.39. The third kappa shape index (κ3) is 4.42. The second-order valence-electron chi connectivity index (χ2n) is 5.61. The summed E-state index contributed by atoms with van der Waals surface area (Å²) in [5, 5.41) is 5.68. The number of urea groups is 1. The number of aromatic nitrogens is 1. The maximum Gasteiger partial charge on any atom is 0.322 e. The monoisotopic (exact) mass is 348 g/mol. The molecule has 1 aromatic carbocycles. The van der Waals surface area contributed by atoms with Gasteiger partial charge in [0.15, 0.2) is 0 Å². The molecule has 132 valence electrons. The van der Waals surface area contributed by atoms with E-state index in [0.29, 0.717) is 25.4 Å². The van der Waals surface area contributed by atoms with Crippen LogP contribution in [0.4, 0.5) is 19.3 Å². The molecule has 0 spiro atoms. The molecule has 3 rings (SSSR count). The lowest BCUT2D eigenvalue weighted by Crippen LogP contribution is -2.57. The van der Waals surface area contributed by atoms with Crippen molar-refractivity contribution < 1.29 is 18.3 Å². The number of hydrogen-bond donors (Lipinski definition) is 2. The van der Waals surface area contributed by atoms with Crippen molar-refractivity contribution in [3.8, 4) is 5.75 Å². The van der Waals surface area contributed by atoms with Crippen molar-refractivity contribution in [3.05, 3.63) is 54.4 Å². The summed E-state index contributed by atoms with van der Waals surface area (Å²) < 4.78 is 32.4.